The van der Waals surface area contributed by atoms with Gasteiger partial charge in [-0.1, -0.05) is 0 Å². The molecule has 2 aromatic rings. The normalized spacial score (nSPS) is 12.8. The summed E-state index contributed by atoms with van der Waals surface area (Å²) in [5.41, 5.74) is 1.75. The molecule has 0 saturated carbocycles. The summed E-state index contributed by atoms with van der Waals surface area (Å²) in [5, 5.41) is 0. The molecule has 30 heavy (non-hydrogen) atoms. The van der Waals surface area contributed by atoms with Gasteiger partial charge in [-0.2, -0.15) is 0 Å². The molecule has 0 N–H and O–H groups in total. The summed E-state index contributed by atoms with van der Waals surface area (Å²) in [6, 6.07) is 11.1. The Bertz CT molecular complexity index is 951. The molecule has 7 heteroatoms. The quantitative estimate of drug-likeness (QED) is 0.603. The molecule has 1 aliphatic rings. The van der Waals surface area contributed by atoms with Gasteiger partial charge in [0.25, 0.3) is 0 Å². The van der Waals surface area contributed by atoms with Gasteiger partial charge in [0.05, 0.1) is 19.2 Å². The summed E-state index contributed by atoms with van der Waals surface area (Å²) in [4.78, 5) is 27.1. The standard InChI is InChI=1S/C23H27NO5S/c1-23(2,3)29-22(26)24(4)14-17-12-16(21(25)27-5)6-8-19(17)28-18-7-9-20-15(13-18)10-11-30-20/h6-9,12-13H,10-11,14H2,1-5H3. The van der Waals surface area contributed by atoms with Crippen LogP contribution in [0.5, 0.6) is 11.5 Å². The van der Waals surface area contributed by atoms with E-state index in [1.807, 2.05) is 44.7 Å². The lowest BCUT2D eigenvalue weighted by Crippen LogP contribution is -2.33. The van der Waals surface area contributed by atoms with Crippen molar-refractivity contribution in [2.75, 3.05) is 19.9 Å². The first-order chi connectivity index (χ1) is 14.2. The van der Waals surface area contributed by atoms with Gasteiger partial charge in [0.15, 0.2) is 0 Å². The van der Waals surface area contributed by atoms with Crippen molar-refractivity contribution in [1.82, 2.24) is 4.90 Å². The Morgan fingerprint density at radius 2 is 1.90 bits per heavy atom. The zero-order valence-corrected chi connectivity index (χ0v) is 18.8. The number of nitrogens with zero attached hydrogens (tertiary/aromatic N) is 1. The minimum absolute atomic E-state index is 0.218. The van der Waals surface area contributed by atoms with Crippen LogP contribution in [0.3, 0.4) is 0 Å². The summed E-state index contributed by atoms with van der Waals surface area (Å²) in [6.45, 7) is 5.67. The summed E-state index contributed by atoms with van der Waals surface area (Å²) >= 11 is 1.84. The number of aryl methyl sites for hydroxylation is 1. The Labute approximate surface area is 181 Å². The molecule has 0 radical (unpaired) electrons. The minimum atomic E-state index is -0.596. The molecule has 0 fully saturated rings. The highest BCUT2D eigenvalue weighted by molar-refractivity contribution is 7.99. The van der Waals surface area contributed by atoms with E-state index in [1.54, 1.807) is 25.2 Å². The van der Waals surface area contributed by atoms with Crippen molar-refractivity contribution in [3.05, 3.63) is 53.1 Å². The Kier molecular flexibility index (Phi) is 6.61. The highest BCUT2D eigenvalue weighted by Gasteiger charge is 2.22. The maximum absolute atomic E-state index is 12.4. The SMILES string of the molecule is COC(=O)c1ccc(Oc2ccc3c(c2)CCS3)c(CN(C)C(=O)OC(C)(C)C)c1. The number of esters is 1. The number of hydrogen-bond donors (Lipinski definition) is 0. The molecule has 160 valence electrons. The fourth-order valence-corrected chi connectivity index (χ4v) is 4.11. The highest BCUT2D eigenvalue weighted by atomic mass is 32.2. The third-order valence-corrected chi connectivity index (χ3v) is 5.60. The van der Waals surface area contributed by atoms with Crippen molar-refractivity contribution < 1.29 is 23.8 Å². The zero-order chi connectivity index (χ0) is 21.9. The van der Waals surface area contributed by atoms with Crippen LogP contribution in [0.4, 0.5) is 4.79 Å². The van der Waals surface area contributed by atoms with E-state index in [0.29, 0.717) is 16.9 Å². The second kappa shape index (κ2) is 9.00. The van der Waals surface area contributed by atoms with Crippen molar-refractivity contribution in [2.24, 2.45) is 0 Å². The Morgan fingerprint density at radius 1 is 1.13 bits per heavy atom. The van der Waals surface area contributed by atoms with Crippen LogP contribution in [0.25, 0.3) is 0 Å². The zero-order valence-electron chi connectivity index (χ0n) is 18.0. The average Bonchev–Trinajstić information content (AvgIpc) is 3.15. The van der Waals surface area contributed by atoms with E-state index < -0.39 is 17.7 Å². The Hall–Kier alpha value is -2.67. The smallest absolute Gasteiger partial charge is 0.410 e. The summed E-state index contributed by atoms with van der Waals surface area (Å²) in [6.07, 6.45) is 0.568. The maximum atomic E-state index is 12.4. The molecule has 1 amide bonds. The van der Waals surface area contributed by atoms with Gasteiger partial charge in [-0.3, -0.25) is 0 Å². The van der Waals surface area contributed by atoms with E-state index in [0.717, 1.165) is 17.9 Å². The van der Waals surface area contributed by atoms with Crippen LogP contribution in [-0.2, 0) is 22.4 Å². The number of ether oxygens (including phenoxy) is 3. The molecule has 2 aromatic carbocycles. The second-order valence-electron chi connectivity index (χ2n) is 8.12. The van der Waals surface area contributed by atoms with Crippen molar-refractivity contribution in [1.29, 1.82) is 0 Å². The summed E-state index contributed by atoms with van der Waals surface area (Å²) < 4.78 is 16.4. The van der Waals surface area contributed by atoms with Gasteiger partial charge in [0.1, 0.15) is 17.1 Å². The van der Waals surface area contributed by atoms with Gasteiger partial charge in [-0.25, -0.2) is 9.59 Å². The van der Waals surface area contributed by atoms with Crippen molar-refractivity contribution >= 4 is 23.8 Å². The molecule has 0 spiro atoms. The largest absolute Gasteiger partial charge is 0.465 e. The molecule has 0 atom stereocenters. The first kappa shape index (κ1) is 22.0. The lowest BCUT2D eigenvalue weighted by Gasteiger charge is -2.25. The molecule has 3 rings (SSSR count). The van der Waals surface area contributed by atoms with Crippen LogP contribution in [0.2, 0.25) is 0 Å². The third-order valence-electron chi connectivity index (χ3n) is 4.48. The number of benzene rings is 2. The Morgan fingerprint density at radius 3 is 2.60 bits per heavy atom. The van der Waals surface area contributed by atoms with Crippen LogP contribution in [-0.4, -0.2) is 42.5 Å². The number of carbonyl (C=O) groups is 2. The van der Waals surface area contributed by atoms with Crippen molar-refractivity contribution in [3.63, 3.8) is 0 Å². The number of amides is 1. The minimum Gasteiger partial charge on any atom is -0.465 e. The number of carbonyl (C=O) groups excluding carboxylic acids is 2. The van der Waals surface area contributed by atoms with Gasteiger partial charge in [-0.05, 0) is 69.2 Å². The maximum Gasteiger partial charge on any atom is 0.410 e. The molecule has 1 aliphatic heterocycles. The number of fused-ring (bicyclic) bond motifs is 1. The van der Waals surface area contributed by atoms with Crippen LogP contribution in [0, 0.1) is 0 Å². The second-order valence-corrected chi connectivity index (χ2v) is 9.26. The van der Waals surface area contributed by atoms with Gasteiger partial charge in [-0.15, -0.1) is 11.8 Å². The fraction of sp³-hybridized carbons (Fsp3) is 0.391. The van der Waals surface area contributed by atoms with E-state index in [9.17, 15) is 9.59 Å². The lowest BCUT2D eigenvalue weighted by molar-refractivity contribution is 0.0284. The molecule has 0 bridgehead atoms. The summed E-state index contributed by atoms with van der Waals surface area (Å²) in [7, 11) is 2.98. The first-order valence-corrected chi connectivity index (χ1v) is 10.7. The molecule has 0 aromatic heterocycles. The monoisotopic (exact) mass is 429 g/mol. The number of methoxy groups -OCH3 is 1. The Balaban J connectivity index is 1.86. The lowest BCUT2D eigenvalue weighted by atomic mass is 10.1. The number of hydrogen-bond acceptors (Lipinski definition) is 6. The molecule has 0 aliphatic carbocycles. The van der Waals surface area contributed by atoms with Crippen LogP contribution < -0.4 is 4.74 Å². The van der Waals surface area contributed by atoms with Gasteiger partial charge < -0.3 is 19.1 Å². The topological polar surface area (TPSA) is 65.1 Å². The number of thioether (sulfide) groups is 1. The molecule has 1 heterocycles. The molecular weight excluding hydrogens is 402 g/mol. The average molecular weight is 430 g/mol. The van der Waals surface area contributed by atoms with Gasteiger partial charge in [0.2, 0.25) is 0 Å². The van der Waals surface area contributed by atoms with E-state index in [4.69, 9.17) is 14.2 Å². The third kappa shape index (κ3) is 5.48. The molecule has 6 nitrogen and oxygen atoms in total. The van der Waals surface area contributed by atoms with Crippen LogP contribution in [0.1, 0.15) is 42.3 Å². The fourth-order valence-electron chi connectivity index (χ4n) is 3.06. The molecule has 0 saturated heterocycles. The molecule has 0 unspecified atom stereocenters. The van der Waals surface area contributed by atoms with E-state index in [-0.39, 0.29) is 6.54 Å². The predicted octanol–water partition coefficient (Wildman–Crippen LogP) is 5.28. The van der Waals surface area contributed by atoms with Gasteiger partial charge >= 0.3 is 12.1 Å². The first-order valence-electron chi connectivity index (χ1n) is 9.75. The highest BCUT2D eigenvalue weighted by Crippen LogP contribution is 2.36. The predicted molar refractivity (Wildman–Crippen MR) is 116 cm³/mol. The van der Waals surface area contributed by atoms with Crippen molar-refractivity contribution in [2.45, 2.75) is 44.2 Å². The van der Waals surface area contributed by atoms with E-state index in [1.165, 1.54) is 22.5 Å². The van der Waals surface area contributed by atoms with E-state index >= 15 is 0 Å². The van der Waals surface area contributed by atoms with Crippen molar-refractivity contribution in [3.8, 4) is 11.5 Å². The molecular formula is C23H27NO5S. The van der Waals surface area contributed by atoms with Crippen LogP contribution >= 0.6 is 11.8 Å². The number of rotatable bonds is 5. The van der Waals surface area contributed by atoms with E-state index in [2.05, 4.69) is 6.07 Å². The van der Waals surface area contributed by atoms with Gasteiger partial charge in [0, 0.05) is 23.3 Å². The summed E-state index contributed by atoms with van der Waals surface area (Å²) in [5.74, 6) is 1.93. The van der Waals surface area contributed by atoms with Crippen LogP contribution in [0.15, 0.2) is 41.3 Å².